The fourth-order valence-corrected chi connectivity index (χ4v) is 1.10. The molecule has 1 atom stereocenters. The van der Waals surface area contributed by atoms with Crippen LogP contribution in [0, 0.1) is 5.92 Å². The van der Waals surface area contributed by atoms with Gasteiger partial charge in [0, 0.05) is 12.1 Å². The average molecular weight is 170 g/mol. The van der Waals surface area contributed by atoms with Gasteiger partial charge in [0.25, 0.3) is 0 Å². The Labute approximate surface area is 69.5 Å². The summed E-state index contributed by atoms with van der Waals surface area (Å²) in [7, 11) is 0. The van der Waals surface area contributed by atoms with E-state index in [1.165, 1.54) is 0 Å². The van der Waals surface area contributed by atoms with Crippen LogP contribution < -0.4 is 5.43 Å². The Morgan fingerprint density at radius 3 is 2.83 bits per heavy atom. The third-order valence-corrected chi connectivity index (χ3v) is 1.81. The molecule has 1 heterocycles. The lowest BCUT2D eigenvalue weighted by Crippen LogP contribution is -2.22. The monoisotopic (exact) mass is 170 g/mol. The van der Waals surface area contributed by atoms with Gasteiger partial charge >= 0.3 is 5.97 Å². The van der Waals surface area contributed by atoms with E-state index in [0.29, 0.717) is 12.1 Å². The van der Waals surface area contributed by atoms with E-state index in [4.69, 9.17) is 5.11 Å². The summed E-state index contributed by atoms with van der Waals surface area (Å²) < 4.78 is 0. The third kappa shape index (κ3) is 1.81. The Morgan fingerprint density at radius 1 is 1.75 bits per heavy atom. The second kappa shape index (κ2) is 3.34. The molecule has 12 heavy (non-hydrogen) atoms. The Bertz CT molecular complexity index is 247. The van der Waals surface area contributed by atoms with Crippen molar-refractivity contribution in [1.29, 1.82) is 0 Å². The summed E-state index contributed by atoms with van der Waals surface area (Å²) in [4.78, 5) is 21.2. The molecule has 0 saturated heterocycles. The highest BCUT2D eigenvalue weighted by Gasteiger charge is 2.26. The predicted octanol–water partition coefficient (Wildman–Crippen LogP) is -0.0269. The Balaban J connectivity index is 2.46. The van der Waals surface area contributed by atoms with Gasteiger partial charge in [-0.3, -0.25) is 9.59 Å². The minimum atomic E-state index is -0.887. The number of carbonyl (C=O) groups is 2. The molecule has 0 fully saturated rings. The summed E-state index contributed by atoms with van der Waals surface area (Å²) in [6, 6.07) is 0. The van der Waals surface area contributed by atoms with Gasteiger partial charge in [-0.05, 0) is 13.3 Å². The largest absolute Gasteiger partial charge is 0.481 e. The maximum Gasteiger partial charge on any atom is 0.303 e. The van der Waals surface area contributed by atoms with Gasteiger partial charge in [-0.15, -0.1) is 0 Å². The smallest absolute Gasteiger partial charge is 0.303 e. The van der Waals surface area contributed by atoms with E-state index in [2.05, 4.69) is 10.5 Å². The third-order valence-electron chi connectivity index (χ3n) is 1.81. The first kappa shape index (κ1) is 8.70. The maximum absolute atomic E-state index is 11.0. The van der Waals surface area contributed by atoms with Gasteiger partial charge in [0.2, 0.25) is 5.91 Å². The number of hydrogen-bond acceptors (Lipinski definition) is 3. The SMILES string of the molecule is CC1=NNC(=O)[C@@H]1CCC(=O)O. The highest BCUT2D eigenvalue weighted by atomic mass is 16.4. The van der Waals surface area contributed by atoms with Crippen LogP contribution in [0.15, 0.2) is 5.10 Å². The van der Waals surface area contributed by atoms with E-state index in [0.717, 1.165) is 0 Å². The lowest BCUT2D eigenvalue weighted by Gasteiger charge is -2.03. The van der Waals surface area contributed by atoms with Gasteiger partial charge in [0.1, 0.15) is 0 Å². The lowest BCUT2D eigenvalue weighted by atomic mass is 9.99. The number of carboxylic acid groups (broad SMARTS) is 1. The molecule has 0 aliphatic carbocycles. The molecule has 0 aromatic carbocycles. The zero-order chi connectivity index (χ0) is 9.14. The average Bonchev–Trinajstić information content (AvgIpc) is 2.28. The van der Waals surface area contributed by atoms with Crippen molar-refractivity contribution in [3.63, 3.8) is 0 Å². The van der Waals surface area contributed by atoms with Crippen molar-refractivity contribution in [3.05, 3.63) is 0 Å². The molecule has 66 valence electrons. The summed E-state index contributed by atoms with van der Waals surface area (Å²) in [5.41, 5.74) is 2.97. The van der Waals surface area contributed by atoms with E-state index in [1.54, 1.807) is 6.92 Å². The molecule has 5 heteroatoms. The molecule has 5 nitrogen and oxygen atoms in total. The molecule has 1 aliphatic rings. The number of aliphatic carboxylic acids is 1. The minimum Gasteiger partial charge on any atom is -0.481 e. The van der Waals surface area contributed by atoms with Crippen LogP contribution in [-0.4, -0.2) is 22.7 Å². The van der Waals surface area contributed by atoms with Crippen LogP contribution in [0.3, 0.4) is 0 Å². The number of amides is 1. The molecule has 0 unspecified atom stereocenters. The molecule has 1 amide bonds. The first-order valence-electron chi connectivity index (χ1n) is 3.67. The first-order valence-corrected chi connectivity index (χ1v) is 3.67. The molecule has 0 bridgehead atoms. The first-order chi connectivity index (χ1) is 5.61. The van der Waals surface area contributed by atoms with Crippen molar-refractivity contribution in [2.45, 2.75) is 19.8 Å². The highest BCUT2D eigenvalue weighted by molar-refractivity contribution is 6.06. The van der Waals surface area contributed by atoms with Crippen LogP contribution in [0.5, 0.6) is 0 Å². The van der Waals surface area contributed by atoms with Gasteiger partial charge in [-0.25, -0.2) is 5.43 Å². The number of carbonyl (C=O) groups excluding carboxylic acids is 1. The standard InChI is InChI=1S/C7H10N2O3/c1-4-5(2-3-6(10)11)7(12)9-8-4/h5H,2-3H2,1H3,(H,9,12)(H,10,11)/t5-/m1/s1. The predicted molar refractivity (Wildman–Crippen MR) is 41.6 cm³/mol. The zero-order valence-electron chi connectivity index (χ0n) is 6.70. The van der Waals surface area contributed by atoms with Crippen molar-refractivity contribution in [3.8, 4) is 0 Å². The van der Waals surface area contributed by atoms with Gasteiger partial charge in [-0.2, -0.15) is 5.10 Å². The van der Waals surface area contributed by atoms with Crippen molar-refractivity contribution >= 4 is 17.6 Å². The van der Waals surface area contributed by atoms with E-state index in [9.17, 15) is 9.59 Å². The van der Waals surface area contributed by atoms with Crippen LogP contribution in [0.2, 0.25) is 0 Å². The fraction of sp³-hybridized carbons (Fsp3) is 0.571. The molecule has 0 aromatic heterocycles. The van der Waals surface area contributed by atoms with E-state index in [1.807, 2.05) is 0 Å². The Morgan fingerprint density at radius 2 is 2.42 bits per heavy atom. The topological polar surface area (TPSA) is 78.8 Å². The molecule has 0 spiro atoms. The summed E-state index contributed by atoms with van der Waals surface area (Å²) >= 11 is 0. The molecular formula is C7H10N2O3. The van der Waals surface area contributed by atoms with Crippen LogP contribution in [-0.2, 0) is 9.59 Å². The molecule has 1 rings (SSSR count). The fourth-order valence-electron chi connectivity index (χ4n) is 1.10. The molecule has 0 radical (unpaired) electrons. The lowest BCUT2D eigenvalue weighted by molar-refractivity contribution is -0.137. The number of nitrogens with zero attached hydrogens (tertiary/aromatic N) is 1. The zero-order valence-corrected chi connectivity index (χ0v) is 6.70. The van der Waals surface area contributed by atoms with Crippen LogP contribution in [0.1, 0.15) is 19.8 Å². The summed E-state index contributed by atoms with van der Waals surface area (Å²) in [6.45, 7) is 1.71. The maximum atomic E-state index is 11.0. The van der Waals surface area contributed by atoms with Crippen molar-refractivity contribution in [2.75, 3.05) is 0 Å². The van der Waals surface area contributed by atoms with Gasteiger partial charge in [-0.1, -0.05) is 0 Å². The summed E-state index contributed by atoms with van der Waals surface area (Å²) in [6.07, 6.45) is 0.335. The molecule has 0 saturated carbocycles. The van der Waals surface area contributed by atoms with Crippen LogP contribution in [0.25, 0.3) is 0 Å². The summed E-state index contributed by atoms with van der Waals surface area (Å²) in [5.74, 6) is -1.43. The van der Waals surface area contributed by atoms with Crippen molar-refractivity contribution in [2.24, 2.45) is 11.0 Å². The van der Waals surface area contributed by atoms with Crippen LogP contribution >= 0.6 is 0 Å². The number of hydrogen-bond donors (Lipinski definition) is 2. The van der Waals surface area contributed by atoms with Crippen LogP contribution in [0.4, 0.5) is 0 Å². The number of nitrogens with one attached hydrogen (secondary N) is 1. The molecule has 2 N–H and O–H groups in total. The van der Waals surface area contributed by atoms with E-state index < -0.39 is 5.97 Å². The minimum absolute atomic E-state index is 0.00491. The summed E-state index contributed by atoms with van der Waals surface area (Å²) in [5, 5.41) is 12.1. The van der Waals surface area contributed by atoms with Crippen molar-refractivity contribution in [1.82, 2.24) is 5.43 Å². The Hall–Kier alpha value is -1.39. The second-order valence-corrected chi connectivity index (χ2v) is 2.71. The molecule has 0 aromatic rings. The van der Waals surface area contributed by atoms with Gasteiger partial charge in [0.15, 0.2) is 0 Å². The van der Waals surface area contributed by atoms with E-state index >= 15 is 0 Å². The highest BCUT2D eigenvalue weighted by Crippen LogP contribution is 2.13. The van der Waals surface area contributed by atoms with Gasteiger partial charge < -0.3 is 5.11 Å². The molecular weight excluding hydrogens is 160 g/mol. The second-order valence-electron chi connectivity index (χ2n) is 2.71. The molecule has 1 aliphatic heterocycles. The number of hydrazone groups is 1. The van der Waals surface area contributed by atoms with Gasteiger partial charge in [0.05, 0.1) is 5.92 Å². The quantitative estimate of drug-likeness (QED) is 0.624. The Kier molecular flexibility index (Phi) is 2.42. The number of rotatable bonds is 3. The van der Waals surface area contributed by atoms with Crippen molar-refractivity contribution < 1.29 is 14.7 Å². The van der Waals surface area contributed by atoms with E-state index in [-0.39, 0.29) is 18.2 Å². The normalized spacial score (nSPS) is 21.9. The number of carboxylic acids is 1.